The van der Waals surface area contributed by atoms with E-state index in [1.165, 1.54) is 12.1 Å². The largest absolute Gasteiger partial charge is 0.476 e. The van der Waals surface area contributed by atoms with Gasteiger partial charge in [-0.05, 0) is 24.3 Å². The number of halogens is 2. The van der Waals surface area contributed by atoms with Crippen LogP contribution in [0.4, 0.5) is 20.3 Å². The van der Waals surface area contributed by atoms with E-state index in [4.69, 9.17) is 5.11 Å². The van der Waals surface area contributed by atoms with Gasteiger partial charge in [-0.3, -0.25) is 0 Å². The molecule has 0 saturated heterocycles. The number of rotatable bonds is 3. The zero-order chi connectivity index (χ0) is 13.1. The summed E-state index contributed by atoms with van der Waals surface area (Å²) in [5.74, 6) is -2.36. The Morgan fingerprint density at radius 2 is 1.94 bits per heavy atom. The number of hydrogen-bond donors (Lipinski definition) is 2. The van der Waals surface area contributed by atoms with Crippen molar-refractivity contribution in [2.45, 2.75) is 0 Å². The number of carboxylic acids is 1. The second-order valence-corrected chi connectivity index (χ2v) is 3.36. The van der Waals surface area contributed by atoms with Gasteiger partial charge in [0.2, 0.25) is 0 Å². The highest BCUT2D eigenvalue weighted by Gasteiger charge is 2.07. The van der Waals surface area contributed by atoms with Crippen LogP contribution in [0.1, 0.15) is 10.5 Å². The number of aromatic carboxylic acids is 1. The van der Waals surface area contributed by atoms with Crippen LogP contribution >= 0.6 is 0 Å². The first-order valence-electron chi connectivity index (χ1n) is 4.85. The van der Waals surface area contributed by atoms with Crippen LogP contribution in [0.3, 0.4) is 0 Å². The van der Waals surface area contributed by atoms with Crippen LogP contribution in [0.25, 0.3) is 0 Å². The van der Waals surface area contributed by atoms with Crippen molar-refractivity contribution in [3.8, 4) is 0 Å². The lowest BCUT2D eigenvalue weighted by Crippen LogP contribution is -2.04. The lowest BCUT2D eigenvalue weighted by molar-refractivity contribution is 0.0689. The highest BCUT2D eigenvalue weighted by molar-refractivity contribution is 5.85. The number of hydrogen-bond acceptors (Lipinski definition) is 4. The number of anilines is 2. The highest BCUT2D eigenvalue weighted by Crippen LogP contribution is 2.19. The van der Waals surface area contributed by atoms with Gasteiger partial charge in [0.15, 0.2) is 11.5 Å². The summed E-state index contributed by atoms with van der Waals surface area (Å²) in [5, 5.41) is 18.0. The minimum absolute atomic E-state index is 0.104. The standard InChI is InChI=1S/C11H7F2N3O2/c12-6-1-2-7(13)9(5-6)14-10-4-3-8(11(17)18)15-16-10/h1-5H,(H,14,16)(H,17,18). The van der Waals surface area contributed by atoms with Gasteiger partial charge in [-0.25, -0.2) is 13.6 Å². The van der Waals surface area contributed by atoms with Gasteiger partial charge in [-0.1, -0.05) is 0 Å². The predicted octanol–water partition coefficient (Wildman–Crippen LogP) is 2.20. The van der Waals surface area contributed by atoms with Crippen molar-refractivity contribution in [2.24, 2.45) is 0 Å². The van der Waals surface area contributed by atoms with E-state index in [1.807, 2.05) is 0 Å². The topological polar surface area (TPSA) is 75.1 Å². The molecule has 0 saturated carbocycles. The third-order valence-corrected chi connectivity index (χ3v) is 2.07. The maximum atomic E-state index is 13.3. The second kappa shape index (κ2) is 4.74. The Kier molecular flexibility index (Phi) is 3.13. The van der Waals surface area contributed by atoms with E-state index >= 15 is 0 Å². The SMILES string of the molecule is O=C(O)c1ccc(Nc2cc(F)ccc2F)nn1. The maximum Gasteiger partial charge on any atom is 0.356 e. The number of aromatic nitrogens is 2. The highest BCUT2D eigenvalue weighted by atomic mass is 19.1. The summed E-state index contributed by atoms with van der Waals surface area (Å²) in [4.78, 5) is 10.5. The minimum Gasteiger partial charge on any atom is -0.476 e. The number of carbonyl (C=O) groups is 1. The maximum absolute atomic E-state index is 13.3. The summed E-state index contributed by atoms with van der Waals surface area (Å²) in [7, 11) is 0. The molecule has 92 valence electrons. The average Bonchev–Trinajstić information content (AvgIpc) is 2.34. The van der Waals surface area contributed by atoms with Crippen LogP contribution in [0, 0.1) is 11.6 Å². The summed E-state index contributed by atoms with van der Waals surface area (Å²) < 4.78 is 26.2. The fourth-order valence-electron chi connectivity index (χ4n) is 1.24. The number of nitrogens with zero attached hydrogens (tertiary/aromatic N) is 2. The van der Waals surface area contributed by atoms with Crippen molar-refractivity contribution in [3.63, 3.8) is 0 Å². The van der Waals surface area contributed by atoms with Crippen molar-refractivity contribution in [3.05, 3.63) is 47.7 Å². The van der Waals surface area contributed by atoms with E-state index in [2.05, 4.69) is 15.5 Å². The van der Waals surface area contributed by atoms with Gasteiger partial charge in [0.1, 0.15) is 11.6 Å². The predicted molar refractivity (Wildman–Crippen MR) is 58.6 cm³/mol. The van der Waals surface area contributed by atoms with E-state index in [0.29, 0.717) is 0 Å². The second-order valence-electron chi connectivity index (χ2n) is 3.36. The zero-order valence-corrected chi connectivity index (χ0v) is 8.89. The normalized spacial score (nSPS) is 10.1. The Balaban J connectivity index is 2.23. The van der Waals surface area contributed by atoms with E-state index in [0.717, 1.165) is 18.2 Å². The molecule has 0 aliphatic rings. The molecule has 0 radical (unpaired) electrons. The molecule has 0 bridgehead atoms. The molecule has 7 heteroatoms. The van der Waals surface area contributed by atoms with E-state index in [1.54, 1.807) is 0 Å². The molecule has 0 aliphatic heterocycles. The van der Waals surface area contributed by atoms with Crippen LogP contribution in [-0.4, -0.2) is 21.3 Å². The van der Waals surface area contributed by atoms with Gasteiger partial charge in [0, 0.05) is 6.07 Å². The molecule has 1 aromatic heterocycles. The van der Waals surface area contributed by atoms with Crippen molar-refractivity contribution in [2.75, 3.05) is 5.32 Å². The van der Waals surface area contributed by atoms with Crippen LogP contribution in [0.15, 0.2) is 30.3 Å². The Hall–Kier alpha value is -2.57. The Morgan fingerprint density at radius 3 is 2.56 bits per heavy atom. The molecule has 2 rings (SSSR count). The molecule has 0 aliphatic carbocycles. The summed E-state index contributed by atoms with van der Waals surface area (Å²) in [5.41, 5.74) is -0.340. The van der Waals surface area contributed by atoms with Gasteiger partial charge in [0.25, 0.3) is 0 Å². The molecule has 18 heavy (non-hydrogen) atoms. The summed E-state index contributed by atoms with van der Waals surface area (Å²) >= 11 is 0. The lowest BCUT2D eigenvalue weighted by atomic mass is 10.3. The van der Waals surface area contributed by atoms with Crippen LogP contribution in [0.5, 0.6) is 0 Å². The number of nitrogens with one attached hydrogen (secondary N) is 1. The van der Waals surface area contributed by atoms with Crippen LogP contribution in [0.2, 0.25) is 0 Å². The molecule has 0 fully saturated rings. The van der Waals surface area contributed by atoms with E-state index < -0.39 is 17.6 Å². The van der Waals surface area contributed by atoms with Crippen LogP contribution < -0.4 is 5.32 Å². The van der Waals surface area contributed by atoms with Crippen molar-refractivity contribution in [1.82, 2.24) is 10.2 Å². The van der Waals surface area contributed by atoms with Gasteiger partial charge in [-0.15, -0.1) is 10.2 Å². The first-order chi connectivity index (χ1) is 8.56. The number of benzene rings is 1. The molecular formula is C11H7F2N3O2. The summed E-state index contributed by atoms with van der Waals surface area (Å²) in [6.07, 6.45) is 0. The van der Waals surface area contributed by atoms with Crippen molar-refractivity contribution >= 4 is 17.5 Å². The Labute approximate surface area is 100 Å². The molecule has 0 amide bonds. The quantitative estimate of drug-likeness (QED) is 0.874. The zero-order valence-electron chi connectivity index (χ0n) is 8.89. The third kappa shape index (κ3) is 2.57. The third-order valence-electron chi connectivity index (χ3n) is 2.07. The molecule has 0 atom stereocenters. The fourth-order valence-corrected chi connectivity index (χ4v) is 1.24. The summed E-state index contributed by atoms with van der Waals surface area (Å²) in [6, 6.07) is 5.42. The smallest absolute Gasteiger partial charge is 0.356 e. The monoisotopic (exact) mass is 251 g/mol. The average molecular weight is 251 g/mol. The molecule has 0 unspecified atom stereocenters. The molecular weight excluding hydrogens is 244 g/mol. The van der Waals surface area contributed by atoms with Gasteiger partial charge < -0.3 is 10.4 Å². The molecule has 2 aromatic rings. The van der Waals surface area contributed by atoms with E-state index in [-0.39, 0.29) is 17.2 Å². The Bertz CT molecular complexity index is 587. The molecule has 1 aromatic carbocycles. The number of carboxylic acid groups (broad SMARTS) is 1. The first kappa shape index (κ1) is 11.9. The molecule has 1 heterocycles. The first-order valence-corrected chi connectivity index (χ1v) is 4.85. The Morgan fingerprint density at radius 1 is 1.17 bits per heavy atom. The van der Waals surface area contributed by atoms with Crippen LogP contribution in [-0.2, 0) is 0 Å². The van der Waals surface area contributed by atoms with Gasteiger partial charge in [-0.2, -0.15) is 0 Å². The van der Waals surface area contributed by atoms with E-state index in [9.17, 15) is 13.6 Å². The van der Waals surface area contributed by atoms with Crippen molar-refractivity contribution < 1.29 is 18.7 Å². The molecule has 2 N–H and O–H groups in total. The van der Waals surface area contributed by atoms with Crippen molar-refractivity contribution in [1.29, 1.82) is 0 Å². The molecule has 5 nitrogen and oxygen atoms in total. The summed E-state index contributed by atoms with van der Waals surface area (Å²) in [6.45, 7) is 0. The van der Waals surface area contributed by atoms with Gasteiger partial charge in [0.05, 0.1) is 5.69 Å². The van der Waals surface area contributed by atoms with Gasteiger partial charge >= 0.3 is 5.97 Å². The fraction of sp³-hybridized carbons (Fsp3) is 0. The minimum atomic E-state index is -1.22. The molecule has 0 spiro atoms. The lowest BCUT2D eigenvalue weighted by Gasteiger charge is -2.06.